The van der Waals surface area contributed by atoms with Gasteiger partial charge in [0.25, 0.3) is 0 Å². The van der Waals surface area contributed by atoms with Gasteiger partial charge in [-0.25, -0.2) is 9.98 Å². The van der Waals surface area contributed by atoms with Gasteiger partial charge < -0.3 is 9.13 Å². The second-order valence-corrected chi connectivity index (χ2v) is 6.72. The lowest BCUT2D eigenvalue weighted by Gasteiger charge is -1.96. The van der Waals surface area contributed by atoms with E-state index in [9.17, 15) is 0 Å². The maximum Gasteiger partial charge on any atom is 0.0659 e. The molecule has 0 spiro atoms. The Hall–Kier alpha value is -3.40. The van der Waals surface area contributed by atoms with Crippen LogP contribution in [0.2, 0.25) is 0 Å². The normalized spacial score (nSPS) is 17.3. The van der Waals surface area contributed by atoms with Crippen LogP contribution >= 0.6 is 0 Å². The summed E-state index contributed by atoms with van der Waals surface area (Å²) < 4.78 is 4.31. The van der Waals surface area contributed by atoms with Crippen LogP contribution in [-0.4, -0.2) is 20.6 Å². The van der Waals surface area contributed by atoms with Crippen molar-refractivity contribution in [3.05, 3.63) is 88.1 Å². The lowest BCUT2D eigenvalue weighted by atomic mass is 10.2. The van der Waals surface area contributed by atoms with E-state index in [1.54, 1.807) is 0 Å². The largest absolute Gasteiger partial charge is 0.350 e. The minimum atomic E-state index is 0.926. The summed E-state index contributed by atoms with van der Waals surface area (Å²) in [5, 5.41) is 2.29. The van der Waals surface area contributed by atoms with E-state index in [0.717, 1.165) is 39.2 Å². The van der Waals surface area contributed by atoms with Crippen LogP contribution in [0.4, 0.5) is 0 Å². The molecule has 0 radical (unpaired) electrons. The van der Waals surface area contributed by atoms with Crippen LogP contribution in [0.25, 0.3) is 18.2 Å². The quantitative estimate of drug-likeness (QED) is 0.706. The number of aliphatic imine (C=N–C) groups is 2. The van der Waals surface area contributed by atoms with E-state index in [1.165, 1.54) is 5.56 Å². The van der Waals surface area contributed by atoms with Crippen LogP contribution < -0.4 is 10.7 Å². The number of fused-ring (bicyclic) bond motifs is 6. The van der Waals surface area contributed by atoms with Gasteiger partial charge in [-0.2, -0.15) is 0 Å². The van der Waals surface area contributed by atoms with Gasteiger partial charge in [-0.3, -0.25) is 0 Å². The molecule has 5 rings (SSSR count). The van der Waals surface area contributed by atoms with Gasteiger partial charge in [-0.15, -0.1) is 0 Å². The second kappa shape index (κ2) is 5.56. The Morgan fingerprint density at radius 3 is 2.15 bits per heavy atom. The van der Waals surface area contributed by atoms with E-state index in [2.05, 4.69) is 75.8 Å². The van der Waals surface area contributed by atoms with Crippen molar-refractivity contribution in [2.75, 3.05) is 0 Å². The SMILES string of the molecule is Cn1cc2cc1C=C1C=CC(=N1)C=C1C=CC(=N1)C=c1ccc(n1C)=C2. The molecule has 0 aromatic carbocycles. The van der Waals surface area contributed by atoms with Crippen molar-refractivity contribution in [3.8, 4) is 0 Å². The molecule has 0 atom stereocenters. The van der Waals surface area contributed by atoms with E-state index in [1.807, 2.05) is 30.4 Å². The first kappa shape index (κ1) is 14.9. The fourth-order valence-electron chi connectivity index (χ4n) is 3.40. The fourth-order valence-corrected chi connectivity index (χ4v) is 3.40. The van der Waals surface area contributed by atoms with E-state index in [-0.39, 0.29) is 0 Å². The summed E-state index contributed by atoms with van der Waals surface area (Å²) in [7, 11) is 4.15. The van der Waals surface area contributed by atoms with Crippen LogP contribution in [-0.2, 0) is 14.1 Å². The fraction of sp³-hybridized carbons (Fsp3) is 0.0909. The molecule has 0 saturated heterocycles. The minimum Gasteiger partial charge on any atom is -0.350 e. The molecule has 26 heavy (non-hydrogen) atoms. The lowest BCUT2D eigenvalue weighted by molar-refractivity contribution is 0.860. The number of rotatable bonds is 0. The zero-order valence-corrected chi connectivity index (χ0v) is 14.7. The molecular formula is C22H18N4. The number of aromatic nitrogens is 2. The summed E-state index contributed by atoms with van der Waals surface area (Å²) in [6, 6.07) is 6.45. The monoisotopic (exact) mass is 338 g/mol. The molecule has 3 aliphatic rings. The van der Waals surface area contributed by atoms with Crippen LogP contribution in [0.5, 0.6) is 0 Å². The van der Waals surface area contributed by atoms with Gasteiger partial charge in [0, 0.05) is 36.7 Å². The van der Waals surface area contributed by atoms with Gasteiger partial charge in [0.1, 0.15) is 0 Å². The molecule has 3 aliphatic heterocycles. The summed E-state index contributed by atoms with van der Waals surface area (Å²) >= 11 is 0. The van der Waals surface area contributed by atoms with Crippen molar-refractivity contribution >= 4 is 29.7 Å². The average molecular weight is 338 g/mol. The van der Waals surface area contributed by atoms with Crippen LogP contribution in [0.1, 0.15) is 11.3 Å². The predicted octanol–water partition coefficient (Wildman–Crippen LogP) is 2.23. The first-order chi connectivity index (χ1) is 12.6. The Labute approximate surface area is 151 Å². The van der Waals surface area contributed by atoms with E-state index < -0.39 is 0 Å². The molecule has 0 unspecified atom stereocenters. The summed E-state index contributed by atoms with van der Waals surface area (Å²) in [5.41, 5.74) is 6.06. The number of aryl methyl sites for hydroxylation is 1. The third-order valence-corrected chi connectivity index (χ3v) is 4.83. The molecule has 0 amide bonds. The van der Waals surface area contributed by atoms with Gasteiger partial charge in [0.2, 0.25) is 0 Å². The highest BCUT2D eigenvalue weighted by molar-refractivity contribution is 6.19. The first-order valence-corrected chi connectivity index (χ1v) is 8.63. The molecule has 0 aliphatic carbocycles. The highest BCUT2D eigenvalue weighted by Gasteiger charge is 2.08. The molecule has 0 fully saturated rings. The predicted molar refractivity (Wildman–Crippen MR) is 107 cm³/mol. The zero-order chi connectivity index (χ0) is 17.7. The highest BCUT2D eigenvalue weighted by Crippen LogP contribution is 2.19. The summed E-state index contributed by atoms with van der Waals surface area (Å²) in [6.45, 7) is 0. The average Bonchev–Trinajstić information content (AvgIpc) is 3.36. The summed E-state index contributed by atoms with van der Waals surface area (Å²) in [6.07, 6.45) is 18.7. The van der Waals surface area contributed by atoms with Crippen molar-refractivity contribution in [3.63, 3.8) is 0 Å². The Balaban J connectivity index is 1.77. The molecule has 4 nitrogen and oxygen atoms in total. The smallest absolute Gasteiger partial charge is 0.0659 e. The standard InChI is InChI=1S/C22H18N4/c1-25-14-15-9-20-7-8-21(26(20)2)12-18-5-3-16(23-18)11-17-4-6-19(24-17)13-22(25)10-15/h3-14H,1-2H3. The second-order valence-electron chi connectivity index (χ2n) is 6.72. The van der Waals surface area contributed by atoms with Gasteiger partial charge >= 0.3 is 0 Å². The topological polar surface area (TPSA) is 34.6 Å². The Morgan fingerprint density at radius 2 is 1.38 bits per heavy atom. The maximum absolute atomic E-state index is 4.68. The molecule has 2 aromatic rings. The Kier molecular flexibility index (Phi) is 3.19. The van der Waals surface area contributed by atoms with Crippen LogP contribution in [0.15, 0.2) is 76.2 Å². The number of hydrogen-bond acceptors (Lipinski definition) is 2. The van der Waals surface area contributed by atoms with E-state index in [0.29, 0.717) is 0 Å². The van der Waals surface area contributed by atoms with E-state index in [4.69, 9.17) is 0 Å². The molecule has 126 valence electrons. The molecular weight excluding hydrogens is 320 g/mol. The first-order valence-electron chi connectivity index (χ1n) is 8.63. The molecule has 5 heterocycles. The molecule has 8 bridgehead atoms. The number of hydrogen-bond donors (Lipinski definition) is 0. The third-order valence-electron chi connectivity index (χ3n) is 4.83. The highest BCUT2D eigenvalue weighted by atomic mass is 14.9. The number of nitrogens with zero attached hydrogens (tertiary/aromatic N) is 4. The molecule has 0 saturated carbocycles. The molecule has 0 N–H and O–H groups in total. The van der Waals surface area contributed by atoms with E-state index >= 15 is 0 Å². The summed E-state index contributed by atoms with van der Waals surface area (Å²) in [5.74, 6) is 0. The van der Waals surface area contributed by atoms with Crippen LogP contribution in [0, 0.1) is 0 Å². The van der Waals surface area contributed by atoms with Gasteiger partial charge in [-0.05, 0) is 72.4 Å². The van der Waals surface area contributed by atoms with Gasteiger partial charge in [0.15, 0.2) is 0 Å². The van der Waals surface area contributed by atoms with Crippen molar-refractivity contribution < 1.29 is 0 Å². The van der Waals surface area contributed by atoms with Crippen molar-refractivity contribution in [1.82, 2.24) is 9.13 Å². The van der Waals surface area contributed by atoms with Crippen molar-refractivity contribution in [2.45, 2.75) is 0 Å². The molecule has 2 aromatic heterocycles. The van der Waals surface area contributed by atoms with Crippen molar-refractivity contribution in [1.29, 1.82) is 0 Å². The zero-order valence-electron chi connectivity index (χ0n) is 14.7. The maximum atomic E-state index is 4.68. The number of allylic oxidation sites excluding steroid dienone is 5. The Bertz CT molecular complexity index is 1230. The Morgan fingerprint density at radius 1 is 0.731 bits per heavy atom. The molecule has 4 heteroatoms. The van der Waals surface area contributed by atoms with Gasteiger partial charge in [0.05, 0.1) is 22.8 Å². The minimum absolute atomic E-state index is 0.926. The van der Waals surface area contributed by atoms with Crippen molar-refractivity contribution in [2.24, 2.45) is 24.1 Å². The third kappa shape index (κ3) is 2.56. The van der Waals surface area contributed by atoms with Gasteiger partial charge in [-0.1, -0.05) is 0 Å². The van der Waals surface area contributed by atoms with Crippen LogP contribution in [0.3, 0.4) is 0 Å². The lowest BCUT2D eigenvalue weighted by Crippen LogP contribution is -2.23. The summed E-state index contributed by atoms with van der Waals surface area (Å²) in [4.78, 5) is 9.37.